The lowest BCUT2D eigenvalue weighted by atomic mass is 10.3. The highest BCUT2D eigenvalue weighted by Gasteiger charge is 2.25. The van der Waals surface area contributed by atoms with Gasteiger partial charge in [-0.3, -0.25) is 0 Å². The van der Waals surface area contributed by atoms with Crippen LogP contribution in [0.1, 0.15) is 6.92 Å². The molecule has 21 heavy (non-hydrogen) atoms. The van der Waals surface area contributed by atoms with Crippen LogP contribution in [0.15, 0.2) is 29.2 Å². The first-order valence-electron chi connectivity index (χ1n) is 7.20. The molecule has 0 bridgehead atoms. The third-order valence-corrected chi connectivity index (χ3v) is 6.77. The van der Waals surface area contributed by atoms with Gasteiger partial charge in [0.05, 0.1) is 5.75 Å². The maximum Gasteiger partial charge on any atom is 0.215 e. The Morgan fingerprint density at radius 1 is 1.24 bits per heavy atom. The standard InChI is InChI=1S/C14H23N3O2S2/c1-2-16-6-8-17(9-7-16)21(18,19)11-10-20-14-5-3-4-13(15)12-14/h3-5,12H,2,6-11,15H2,1H3. The minimum atomic E-state index is -3.14. The van der Waals surface area contributed by atoms with E-state index in [2.05, 4.69) is 11.8 Å². The molecule has 0 aromatic heterocycles. The number of thioether (sulfide) groups is 1. The van der Waals surface area contributed by atoms with Crippen molar-refractivity contribution in [2.24, 2.45) is 0 Å². The number of nitrogens with zero attached hydrogens (tertiary/aromatic N) is 2. The van der Waals surface area contributed by atoms with E-state index in [1.54, 1.807) is 4.31 Å². The van der Waals surface area contributed by atoms with Gasteiger partial charge in [0, 0.05) is 42.5 Å². The minimum Gasteiger partial charge on any atom is -0.399 e. The molecule has 1 fully saturated rings. The van der Waals surface area contributed by atoms with E-state index in [1.165, 1.54) is 11.8 Å². The minimum absolute atomic E-state index is 0.179. The maximum atomic E-state index is 12.3. The number of piperazine rings is 1. The molecule has 7 heteroatoms. The van der Waals surface area contributed by atoms with Crippen LogP contribution in [0.4, 0.5) is 5.69 Å². The average molecular weight is 329 g/mol. The number of hydrogen-bond acceptors (Lipinski definition) is 5. The number of nitrogens with two attached hydrogens (primary N) is 1. The summed E-state index contributed by atoms with van der Waals surface area (Å²) in [6, 6.07) is 7.54. The molecule has 1 heterocycles. The van der Waals surface area contributed by atoms with Crippen molar-refractivity contribution in [3.63, 3.8) is 0 Å². The van der Waals surface area contributed by atoms with Crippen molar-refractivity contribution in [1.29, 1.82) is 0 Å². The van der Waals surface area contributed by atoms with Crippen LogP contribution in [0.25, 0.3) is 0 Å². The number of benzene rings is 1. The molecule has 0 radical (unpaired) electrons. The fraction of sp³-hybridized carbons (Fsp3) is 0.571. The van der Waals surface area contributed by atoms with E-state index in [1.807, 2.05) is 24.3 Å². The molecular weight excluding hydrogens is 306 g/mol. The number of nitrogen functional groups attached to an aromatic ring is 1. The highest BCUT2D eigenvalue weighted by molar-refractivity contribution is 8.00. The molecule has 0 spiro atoms. The van der Waals surface area contributed by atoms with Crippen molar-refractivity contribution in [2.45, 2.75) is 11.8 Å². The van der Waals surface area contributed by atoms with Crippen molar-refractivity contribution >= 4 is 27.5 Å². The fourth-order valence-corrected chi connectivity index (χ4v) is 5.11. The summed E-state index contributed by atoms with van der Waals surface area (Å²) in [5.41, 5.74) is 6.42. The number of likely N-dealkylation sites (N-methyl/N-ethyl adjacent to an activating group) is 1. The van der Waals surface area contributed by atoms with Crippen LogP contribution in [-0.2, 0) is 10.0 Å². The number of sulfonamides is 1. The first-order valence-corrected chi connectivity index (χ1v) is 9.79. The SMILES string of the molecule is CCN1CCN(S(=O)(=O)CCSc2cccc(N)c2)CC1. The molecule has 1 aliphatic rings. The van der Waals surface area contributed by atoms with Gasteiger partial charge in [-0.15, -0.1) is 11.8 Å². The van der Waals surface area contributed by atoms with Crippen molar-refractivity contribution in [1.82, 2.24) is 9.21 Å². The van der Waals surface area contributed by atoms with Crippen LogP contribution in [-0.4, -0.2) is 61.9 Å². The van der Waals surface area contributed by atoms with E-state index in [9.17, 15) is 8.42 Å². The highest BCUT2D eigenvalue weighted by atomic mass is 32.2. The van der Waals surface area contributed by atoms with Crippen LogP contribution in [0, 0.1) is 0 Å². The Bertz CT molecular complexity index is 555. The Labute approximate surface area is 131 Å². The predicted octanol–water partition coefficient (Wildman–Crippen LogP) is 1.33. The zero-order chi connectivity index (χ0) is 15.3. The van der Waals surface area contributed by atoms with E-state index in [4.69, 9.17) is 5.73 Å². The van der Waals surface area contributed by atoms with Gasteiger partial charge >= 0.3 is 0 Å². The molecule has 0 atom stereocenters. The summed E-state index contributed by atoms with van der Waals surface area (Å²) in [5, 5.41) is 0. The van der Waals surface area contributed by atoms with Gasteiger partial charge in [-0.05, 0) is 24.7 Å². The molecule has 1 aliphatic heterocycles. The van der Waals surface area contributed by atoms with Gasteiger partial charge in [-0.1, -0.05) is 13.0 Å². The third-order valence-electron chi connectivity index (χ3n) is 3.64. The second-order valence-electron chi connectivity index (χ2n) is 5.07. The smallest absolute Gasteiger partial charge is 0.215 e. The van der Waals surface area contributed by atoms with Gasteiger partial charge in [-0.2, -0.15) is 4.31 Å². The first kappa shape index (κ1) is 16.6. The third kappa shape index (κ3) is 4.88. The number of rotatable bonds is 6. The van der Waals surface area contributed by atoms with Gasteiger partial charge in [-0.25, -0.2) is 8.42 Å². The molecule has 0 saturated carbocycles. The van der Waals surface area contributed by atoms with E-state index in [0.29, 0.717) is 24.5 Å². The Kier molecular flexibility index (Phi) is 5.92. The summed E-state index contributed by atoms with van der Waals surface area (Å²) in [5.74, 6) is 0.734. The second-order valence-corrected chi connectivity index (χ2v) is 8.33. The van der Waals surface area contributed by atoms with Gasteiger partial charge in [0.2, 0.25) is 10.0 Å². The Balaban J connectivity index is 1.82. The van der Waals surface area contributed by atoms with Crippen LogP contribution < -0.4 is 5.73 Å². The van der Waals surface area contributed by atoms with Crippen molar-refractivity contribution in [3.05, 3.63) is 24.3 Å². The molecule has 1 aromatic carbocycles. The van der Waals surface area contributed by atoms with Gasteiger partial charge in [0.15, 0.2) is 0 Å². The summed E-state index contributed by atoms with van der Waals surface area (Å²) in [4.78, 5) is 3.29. The molecule has 5 nitrogen and oxygen atoms in total. The molecule has 0 unspecified atom stereocenters. The van der Waals surface area contributed by atoms with Gasteiger partial charge in [0.25, 0.3) is 0 Å². The quantitative estimate of drug-likeness (QED) is 0.630. The van der Waals surface area contributed by atoms with Crippen LogP contribution in [0.2, 0.25) is 0 Å². The zero-order valence-electron chi connectivity index (χ0n) is 12.4. The largest absolute Gasteiger partial charge is 0.399 e. The summed E-state index contributed by atoms with van der Waals surface area (Å²) >= 11 is 1.53. The Hall–Kier alpha value is -0.760. The Morgan fingerprint density at radius 2 is 1.95 bits per heavy atom. The highest BCUT2D eigenvalue weighted by Crippen LogP contribution is 2.21. The molecule has 2 N–H and O–H groups in total. The van der Waals surface area contributed by atoms with E-state index in [0.717, 1.165) is 24.5 Å². The molecule has 0 aliphatic carbocycles. The van der Waals surface area contributed by atoms with Crippen molar-refractivity contribution in [2.75, 3.05) is 50.0 Å². The lowest BCUT2D eigenvalue weighted by Gasteiger charge is -2.33. The average Bonchev–Trinajstić information content (AvgIpc) is 2.47. The molecule has 1 saturated heterocycles. The molecule has 0 amide bonds. The monoisotopic (exact) mass is 329 g/mol. The summed E-state index contributed by atoms with van der Waals surface area (Å²) in [6.07, 6.45) is 0. The lowest BCUT2D eigenvalue weighted by Crippen LogP contribution is -2.49. The lowest BCUT2D eigenvalue weighted by molar-refractivity contribution is 0.196. The Morgan fingerprint density at radius 3 is 2.57 bits per heavy atom. The van der Waals surface area contributed by atoms with Crippen LogP contribution >= 0.6 is 11.8 Å². The molecule has 118 valence electrons. The number of hydrogen-bond donors (Lipinski definition) is 1. The molecule has 1 aromatic rings. The van der Waals surface area contributed by atoms with E-state index in [-0.39, 0.29) is 5.75 Å². The van der Waals surface area contributed by atoms with Crippen LogP contribution in [0.3, 0.4) is 0 Å². The normalized spacial score (nSPS) is 18.0. The maximum absolute atomic E-state index is 12.3. The molecule has 2 rings (SSSR count). The number of anilines is 1. The van der Waals surface area contributed by atoms with E-state index < -0.39 is 10.0 Å². The van der Waals surface area contributed by atoms with Crippen molar-refractivity contribution < 1.29 is 8.42 Å². The fourth-order valence-electron chi connectivity index (χ4n) is 2.32. The van der Waals surface area contributed by atoms with Crippen molar-refractivity contribution in [3.8, 4) is 0 Å². The van der Waals surface area contributed by atoms with Gasteiger partial charge < -0.3 is 10.6 Å². The predicted molar refractivity (Wildman–Crippen MR) is 89.1 cm³/mol. The topological polar surface area (TPSA) is 66.6 Å². The summed E-state index contributed by atoms with van der Waals surface area (Å²) < 4.78 is 26.2. The summed E-state index contributed by atoms with van der Waals surface area (Å²) in [6.45, 7) is 5.97. The second kappa shape index (κ2) is 7.49. The summed E-state index contributed by atoms with van der Waals surface area (Å²) in [7, 11) is -3.14. The zero-order valence-corrected chi connectivity index (χ0v) is 14.0. The molecular formula is C14H23N3O2S2. The van der Waals surface area contributed by atoms with E-state index >= 15 is 0 Å². The van der Waals surface area contributed by atoms with Gasteiger partial charge in [0.1, 0.15) is 0 Å². The first-order chi connectivity index (χ1) is 10.0. The van der Waals surface area contributed by atoms with Crippen LogP contribution in [0.5, 0.6) is 0 Å².